The predicted octanol–water partition coefficient (Wildman–Crippen LogP) is 4.36. The van der Waals surface area contributed by atoms with Gasteiger partial charge in [0.2, 0.25) is 6.79 Å². The Balaban J connectivity index is 1.34. The first-order chi connectivity index (χ1) is 15.0. The van der Waals surface area contributed by atoms with Gasteiger partial charge in [0.15, 0.2) is 11.5 Å². The summed E-state index contributed by atoms with van der Waals surface area (Å²) in [5, 5.41) is 4.30. The molecule has 1 aliphatic rings. The number of carbonyl (C=O) groups is 2. The number of hydrogen-bond donors (Lipinski definition) is 1. The minimum atomic E-state index is -0.512. The van der Waals surface area contributed by atoms with Crippen molar-refractivity contribution >= 4 is 29.7 Å². The van der Waals surface area contributed by atoms with E-state index in [0.29, 0.717) is 39.0 Å². The number of carbonyl (C=O) groups excluding carboxylic acids is 2. The van der Waals surface area contributed by atoms with E-state index in [1.54, 1.807) is 60.7 Å². The average Bonchev–Trinajstić information content (AvgIpc) is 3.22. The zero-order valence-corrected chi connectivity index (χ0v) is 17.2. The van der Waals surface area contributed by atoms with Crippen molar-refractivity contribution in [3.63, 3.8) is 0 Å². The molecule has 156 valence electrons. The fraction of sp³-hybridized carbons (Fsp3) is 0.0870. The maximum Gasteiger partial charge on any atom is 0.343 e. The van der Waals surface area contributed by atoms with Crippen LogP contribution in [0.4, 0.5) is 0 Å². The number of nitrogens with one attached hydrogen (secondary N) is 1. The fourth-order valence-corrected chi connectivity index (χ4v) is 3.16. The van der Waals surface area contributed by atoms with Crippen molar-refractivity contribution < 1.29 is 23.8 Å². The molecule has 1 aliphatic heterocycles. The Bertz CT molecular complexity index is 1180. The van der Waals surface area contributed by atoms with Gasteiger partial charge in [-0.2, -0.15) is 5.10 Å². The minimum Gasteiger partial charge on any atom is -0.454 e. The Hall–Kier alpha value is -3.84. The Morgan fingerprint density at radius 2 is 1.81 bits per heavy atom. The lowest BCUT2D eigenvalue weighted by atomic mass is 10.1. The maximum atomic E-state index is 12.3. The molecule has 1 heterocycles. The van der Waals surface area contributed by atoms with E-state index < -0.39 is 11.9 Å². The summed E-state index contributed by atoms with van der Waals surface area (Å²) in [5.74, 6) is 0.555. The van der Waals surface area contributed by atoms with Crippen molar-refractivity contribution in [1.82, 2.24) is 5.43 Å². The third-order valence-corrected chi connectivity index (χ3v) is 4.76. The summed E-state index contributed by atoms with van der Waals surface area (Å²) in [6, 6.07) is 16.7. The van der Waals surface area contributed by atoms with Crippen LogP contribution in [0.1, 0.15) is 31.8 Å². The van der Waals surface area contributed by atoms with Crippen LogP contribution < -0.4 is 19.6 Å². The Morgan fingerprint density at radius 3 is 2.58 bits per heavy atom. The van der Waals surface area contributed by atoms with Crippen LogP contribution in [-0.2, 0) is 0 Å². The molecule has 4 rings (SSSR count). The van der Waals surface area contributed by atoms with Gasteiger partial charge in [0.05, 0.1) is 22.4 Å². The summed E-state index contributed by atoms with van der Waals surface area (Å²) < 4.78 is 15.9. The van der Waals surface area contributed by atoms with E-state index in [2.05, 4.69) is 10.5 Å². The van der Waals surface area contributed by atoms with E-state index in [9.17, 15) is 9.59 Å². The molecule has 0 saturated heterocycles. The quantitative estimate of drug-likeness (QED) is 0.278. The lowest BCUT2D eigenvalue weighted by Crippen LogP contribution is -2.18. The van der Waals surface area contributed by atoms with Crippen LogP contribution in [-0.4, -0.2) is 24.9 Å². The summed E-state index contributed by atoms with van der Waals surface area (Å²) in [6.07, 6.45) is 1.48. The lowest BCUT2D eigenvalue weighted by molar-refractivity contribution is 0.0734. The highest BCUT2D eigenvalue weighted by atomic mass is 35.5. The van der Waals surface area contributed by atoms with Crippen molar-refractivity contribution in [2.45, 2.75) is 6.92 Å². The Kier molecular flexibility index (Phi) is 5.86. The molecule has 0 saturated carbocycles. The normalized spacial score (nSPS) is 12.1. The highest BCUT2D eigenvalue weighted by molar-refractivity contribution is 6.33. The lowest BCUT2D eigenvalue weighted by Gasteiger charge is -2.06. The average molecular weight is 437 g/mol. The summed E-state index contributed by atoms with van der Waals surface area (Å²) in [6.45, 7) is 2.02. The summed E-state index contributed by atoms with van der Waals surface area (Å²) >= 11 is 6.08. The number of hydrazone groups is 1. The smallest absolute Gasteiger partial charge is 0.343 e. The molecule has 0 atom stereocenters. The van der Waals surface area contributed by atoms with Crippen LogP contribution >= 0.6 is 11.6 Å². The number of esters is 1. The number of hydrogen-bond acceptors (Lipinski definition) is 6. The van der Waals surface area contributed by atoms with Crippen molar-refractivity contribution in [2.75, 3.05) is 6.79 Å². The molecule has 8 heteroatoms. The van der Waals surface area contributed by atoms with Crippen LogP contribution in [0.25, 0.3) is 0 Å². The molecule has 3 aromatic carbocycles. The van der Waals surface area contributed by atoms with Crippen molar-refractivity contribution in [1.29, 1.82) is 0 Å². The first-order valence-corrected chi connectivity index (χ1v) is 9.69. The summed E-state index contributed by atoms with van der Waals surface area (Å²) in [7, 11) is 0. The molecule has 1 amide bonds. The van der Waals surface area contributed by atoms with Crippen LogP contribution in [0.5, 0.6) is 17.2 Å². The number of ether oxygens (including phenoxy) is 3. The number of aryl methyl sites for hydroxylation is 1. The number of benzene rings is 3. The van der Waals surface area contributed by atoms with Crippen LogP contribution in [0.3, 0.4) is 0 Å². The van der Waals surface area contributed by atoms with Crippen molar-refractivity contribution in [2.24, 2.45) is 5.10 Å². The van der Waals surface area contributed by atoms with Gasteiger partial charge in [-0.15, -0.1) is 0 Å². The zero-order valence-electron chi connectivity index (χ0n) is 16.4. The Morgan fingerprint density at radius 1 is 1.03 bits per heavy atom. The predicted molar refractivity (Wildman–Crippen MR) is 115 cm³/mol. The molecule has 0 unspecified atom stereocenters. The molecular formula is C23H17ClN2O5. The third-order valence-electron chi connectivity index (χ3n) is 4.45. The van der Waals surface area contributed by atoms with Gasteiger partial charge in [0, 0.05) is 0 Å². The van der Waals surface area contributed by atoms with Gasteiger partial charge < -0.3 is 14.2 Å². The maximum absolute atomic E-state index is 12.3. The molecule has 1 N–H and O–H groups in total. The topological polar surface area (TPSA) is 86.2 Å². The van der Waals surface area contributed by atoms with Gasteiger partial charge in [-0.05, 0) is 72.6 Å². The second-order valence-electron chi connectivity index (χ2n) is 6.71. The van der Waals surface area contributed by atoms with Gasteiger partial charge in [-0.25, -0.2) is 10.2 Å². The number of fused-ring (bicyclic) bond motifs is 1. The van der Waals surface area contributed by atoms with Gasteiger partial charge in [0.25, 0.3) is 5.91 Å². The minimum absolute atomic E-state index is 0.134. The van der Waals surface area contributed by atoms with Crippen molar-refractivity contribution in [3.8, 4) is 17.2 Å². The van der Waals surface area contributed by atoms with Gasteiger partial charge in [-0.1, -0.05) is 17.7 Å². The van der Waals surface area contributed by atoms with E-state index in [1.165, 1.54) is 6.21 Å². The Labute approximate surface area is 183 Å². The van der Waals surface area contributed by atoms with Crippen molar-refractivity contribution in [3.05, 3.63) is 87.9 Å². The van der Waals surface area contributed by atoms with Crippen LogP contribution in [0, 0.1) is 6.92 Å². The highest BCUT2D eigenvalue weighted by Gasteiger charge is 2.17. The summed E-state index contributed by atoms with van der Waals surface area (Å²) in [5.41, 5.74) is 4.80. The molecule has 0 aliphatic carbocycles. The fourth-order valence-electron chi connectivity index (χ4n) is 2.84. The van der Waals surface area contributed by atoms with E-state index in [-0.39, 0.29) is 6.79 Å². The number of halogens is 1. The zero-order chi connectivity index (χ0) is 21.8. The molecule has 7 nitrogen and oxygen atoms in total. The number of rotatable bonds is 5. The highest BCUT2D eigenvalue weighted by Crippen LogP contribution is 2.32. The number of nitrogens with zero attached hydrogens (tertiary/aromatic N) is 1. The van der Waals surface area contributed by atoms with Gasteiger partial charge in [-0.3, -0.25) is 4.79 Å². The molecule has 0 aromatic heterocycles. The molecule has 0 bridgehead atoms. The van der Waals surface area contributed by atoms with E-state index in [1.807, 2.05) is 6.92 Å². The van der Waals surface area contributed by atoms with E-state index >= 15 is 0 Å². The molecule has 3 aromatic rings. The largest absolute Gasteiger partial charge is 0.454 e. The first-order valence-electron chi connectivity index (χ1n) is 9.31. The van der Waals surface area contributed by atoms with Gasteiger partial charge in [0.1, 0.15) is 5.75 Å². The first kappa shape index (κ1) is 20.4. The van der Waals surface area contributed by atoms with E-state index in [4.69, 9.17) is 25.8 Å². The van der Waals surface area contributed by atoms with E-state index in [0.717, 1.165) is 5.56 Å². The van der Waals surface area contributed by atoms with Crippen LogP contribution in [0.15, 0.2) is 65.8 Å². The third kappa shape index (κ3) is 4.84. The second kappa shape index (κ2) is 8.89. The monoisotopic (exact) mass is 436 g/mol. The molecular weight excluding hydrogens is 420 g/mol. The second-order valence-corrected chi connectivity index (χ2v) is 7.12. The molecule has 0 spiro atoms. The molecule has 0 radical (unpaired) electrons. The molecule has 0 fully saturated rings. The molecule has 31 heavy (non-hydrogen) atoms. The SMILES string of the molecule is Cc1ccc(C(=O)NN=Cc2ccc(OC(=O)c3ccc4c(c3)OCO4)cc2)c(Cl)c1. The van der Waals surface area contributed by atoms with Crippen LogP contribution in [0.2, 0.25) is 5.02 Å². The number of amides is 1. The standard InChI is InChI=1S/C23H17ClN2O5/c1-14-2-8-18(19(24)10-14)22(27)26-25-12-15-3-6-17(7-4-15)31-23(28)16-5-9-20-21(11-16)30-13-29-20/h2-12H,13H2,1H3,(H,26,27). The summed E-state index contributed by atoms with van der Waals surface area (Å²) in [4.78, 5) is 24.5. The van der Waals surface area contributed by atoms with Gasteiger partial charge >= 0.3 is 5.97 Å².